The zero-order valence-corrected chi connectivity index (χ0v) is 21.6. The first kappa shape index (κ1) is 26.5. The molecule has 4 rings (SSSR count). The van der Waals surface area contributed by atoms with E-state index in [1.54, 1.807) is 24.3 Å². The van der Waals surface area contributed by atoms with Crippen LogP contribution in [0.15, 0.2) is 66.7 Å². The summed E-state index contributed by atoms with van der Waals surface area (Å²) in [4.78, 5) is 32.2. The number of hydrogen-bond donors (Lipinski definition) is 3. The summed E-state index contributed by atoms with van der Waals surface area (Å²) in [5.41, 5.74) is 2.16. The Labute approximate surface area is 226 Å². The SMILES string of the molecule is COC(=O)Nc1ccc(-c2nc([C@H](Cc3ccccc3)NC(=O)c3c(Cl)ccc(Cl)c3F)[nH]c2Cl)cc1. The van der Waals surface area contributed by atoms with Crippen LogP contribution in [-0.2, 0) is 11.2 Å². The third-order valence-electron chi connectivity index (χ3n) is 5.46. The number of carbonyl (C=O) groups excluding carboxylic acids is 2. The highest BCUT2D eigenvalue weighted by molar-refractivity contribution is 6.36. The molecule has 0 unspecified atom stereocenters. The third-order valence-corrected chi connectivity index (χ3v) is 6.34. The molecule has 11 heteroatoms. The van der Waals surface area contributed by atoms with Gasteiger partial charge in [-0.2, -0.15) is 0 Å². The number of ether oxygens (including phenoxy) is 1. The number of methoxy groups -OCH3 is 1. The number of rotatable bonds is 7. The Hall–Kier alpha value is -3.59. The zero-order valence-electron chi connectivity index (χ0n) is 19.3. The predicted octanol–water partition coefficient (Wildman–Crippen LogP) is 7.07. The van der Waals surface area contributed by atoms with Crippen molar-refractivity contribution in [3.05, 3.63) is 105 Å². The molecular formula is C26H20Cl3FN4O3. The fraction of sp³-hybridized carbons (Fsp3) is 0.115. The van der Waals surface area contributed by atoms with Crippen molar-refractivity contribution in [1.29, 1.82) is 0 Å². The van der Waals surface area contributed by atoms with E-state index < -0.39 is 23.9 Å². The standard InChI is InChI=1S/C26H20Cl3FN4O3/c1-37-26(36)31-16-9-7-15(8-10-16)22-23(29)34-24(33-22)19(13-14-5-3-2-4-6-14)32-25(35)20-17(27)11-12-18(28)21(20)30/h2-12,19H,13H2,1H3,(H,31,36)(H,32,35)(H,33,34)/t19-/m0/s1. The summed E-state index contributed by atoms with van der Waals surface area (Å²) in [6.07, 6.45) is -0.263. The maximum absolute atomic E-state index is 14.7. The van der Waals surface area contributed by atoms with Crippen LogP contribution in [0.2, 0.25) is 15.2 Å². The van der Waals surface area contributed by atoms with Gasteiger partial charge in [0.2, 0.25) is 0 Å². The number of halogens is 4. The van der Waals surface area contributed by atoms with E-state index in [1.165, 1.54) is 19.2 Å². The van der Waals surface area contributed by atoms with Crippen molar-refractivity contribution in [2.75, 3.05) is 12.4 Å². The minimum absolute atomic E-state index is 0.0725. The Morgan fingerprint density at radius 3 is 2.35 bits per heavy atom. The number of nitrogens with one attached hydrogen (secondary N) is 3. The molecule has 190 valence electrons. The molecule has 1 atom stereocenters. The van der Waals surface area contributed by atoms with Gasteiger partial charge in [0, 0.05) is 11.3 Å². The van der Waals surface area contributed by atoms with Crippen molar-refractivity contribution in [3.63, 3.8) is 0 Å². The van der Waals surface area contributed by atoms with Crippen LogP contribution in [-0.4, -0.2) is 29.1 Å². The Morgan fingerprint density at radius 2 is 1.68 bits per heavy atom. The van der Waals surface area contributed by atoms with Crippen LogP contribution in [0, 0.1) is 5.82 Å². The Kier molecular flexibility index (Phi) is 8.33. The second-order valence-corrected chi connectivity index (χ2v) is 9.10. The fourth-order valence-electron chi connectivity index (χ4n) is 3.64. The minimum Gasteiger partial charge on any atom is -0.453 e. The number of hydrogen-bond acceptors (Lipinski definition) is 4. The van der Waals surface area contributed by atoms with Gasteiger partial charge in [-0.1, -0.05) is 77.3 Å². The van der Waals surface area contributed by atoms with Crippen molar-refractivity contribution < 1.29 is 18.7 Å². The van der Waals surface area contributed by atoms with E-state index in [1.807, 2.05) is 30.3 Å². The van der Waals surface area contributed by atoms with E-state index in [9.17, 15) is 14.0 Å². The van der Waals surface area contributed by atoms with Crippen LogP contribution in [0.25, 0.3) is 11.3 Å². The first-order valence-corrected chi connectivity index (χ1v) is 12.1. The van der Waals surface area contributed by atoms with Crippen LogP contribution < -0.4 is 10.6 Å². The highest BCUT2D eigenvalue weighted by Crippen LogP contribution is 2.31. The molecule has 0 radical (unpaired) electrons. The van der Waals surface area contributed by atoms with E-state index in [-0.39, 0.29) is 20.8 Å². The van der Waals surface area contributed by atoms with Crippen LogP contribution in [0.4, 0.5) is 14.9 Å². The summed E-state index contributed by atoms with van der Waals surface area (Å²) in [5.74, 6) is -1.31. The third kappa shape index (κ3) is 6.22. The number of benzene rings is 3. The van der Waals surface area contributed by atoms with Crippen molar-refractivity contribution in [1.82, 2.24) is 15.3 Å². The van der Waals surface area contributed by atoms with Crippen molar-refractivity contribution in [2.24, 2.45) is 0 Å². The first-order valence-electron chi connectivity index (χ1n) is 11.0. The summed E-state index contributed by atoms with van der Waals surface area (Å²) >= 11 is 18.5. The summed E-state index contributed by atoms with van der Waals surface area (Å²) in [5, 5.41) is 5.31. The summed E-state index contributed by atoms with van der Waals surface area (Å²) in [6.45, 7) is 0. The number of amides is 2. The normalized spacial score (nSPS) is 11.6. The number of carbonyl (C=O) groups is 2. The molecule has 3 aromatic carbocycles. The average molecular weight is 562 g/mol. The van der Waals surface area contributed by atoms with Gasteiger partial charge in [0.1, 0.15) is 16.7 Å². The van der Waals surface area contributed by atoms with Gasteiger partial charge in [-0.15, -0.1) is 0 Å². The van der Waals surface area contributed by atoms with Crippen LogP contribution >= 0.6 is 34.8 Å². The monoisotopic (exact) mass is 560 g/mol. The average Bonchev–Trinajstić information content (AvgIpc) is 3.28. The van der Waals surface area contributed by atoms with Crippen molar-refractivity contribution in [2.45, 2.75) is 12.5 Å². The number of aromatic amines is 1. The first-order chi connectivity index (χ1) is 17.8. The lowest BCUT2D eigenvalue weighted by Gasteiger charge is -2.18. The molecule has 0 fully saturated rings. The van der Waals surface area contributed by atoms with E-state index in [4.69, 9.17) is 34.8 Å². The number of aromatic nitrogens is 2. The Balaban J connectivity index is 1.65. The molecule has 0 bridgehead atoms. The van der Waals surface area contributed by atoms with E-state index in [2.05, 4.69) is 25.3 Å². The molecule has 0 saturated carbocycles. The van der Waals surface area contributed by atoms with Gasteiger partial charge in [0.25, 0.3) is 5.91 Å². The molecule has 1 aromatic heterocycles. The lowest BCUT2D eigenvalue weighted by Crippen LogP contribution is -2.31. The smallest absolute Gasteiger partial charge is 0.411 e. The van der Waals surface area contributed by atoms with Crippen LogP contribution in [0.1, 0.15) is 27.8 Å². The lowest BCUT2D eigenvalue weighted by molar-refractivity contribution is 0.0931. The van der Waals surface area contributed by atoms with E-state index in [0.717, 1.165) is 5.56 Å². The Morgan fingerprint density at radius 1 is 1.00 bits per heavy atom. The molecule has 0 spiro atoms. The molecule has 0 aliphatic carbocycles. The Bertz CT molecular complexity index is 1430. The largest absolute Gasteiger partial charge is 0.453 e. The fourth-order valence-corrected chi connectivity index (χ4v) is 4.27. The molecular weight excluding hydrogens is 542 g/mol. The van der Waals surface area contributed by atoms with Gasteiger partial charge < -0.3 is 15.0 Å². The lowest BCUT2D eigenvalue weighted by atomic mass is 10.0. The predicted molar refractivity (Wildman–Crippen MR) is 142 cm³/mol. The summed E-state index contributed by atoms with van der Waals surface area (Å²) in [6, 6.07) is 18.1. The molecule has 0 saturated heterocycles. The number of H-pyrrole nitrogens is 1. The summed E-state index contributed by atoms with van der Waals surface area (Å²) < 4.78 is 19.3. The summed E-state index contributed by atoms with van der Waals surface area (Å²) in [7, 11) is 1.27. The number of imidazole rings is 1. The molecule has 0 aliphatic heterocycles. The molecule has 4 aromatic rings. The zero-order chi connectivity index (χ0) is 26.5. The van der Waals surface area contributed by atoms with Gasteiger partial charge in [-0.05, 0) is 36.2 Å². The van der Waals surface area contributed by atoms with Gasteiger partial charge >= 0.3 is 6.09 Å². The number of anilines is 1. The number of nitrogens with zero attached hydrogens (tertiary/aromatic N) is 1. The molecule has 7 nitrogen and oxygen atoms in total. The second-order valence-electron chi connectivity index (χ2n) is 7.91. The van der Waals surface area contributed by atoms with Crippen molar-refractivity contribution in [3.8, 4) is 11.3 Å². The molecule has 0 aliphatic rings. The van der Waals surface area contributed by atoms with Gasteiger partial charge in [-0.3, -0.25) is 10.1 Å². The maximum Gasteiger partial charge on any atom is 0.411 e. The second kappa shape index (κ2) is 11.6. The topological polar surface area (TPSA) is 96.1 Å². The highest BCUT2D eigenvalue weighted by atomic mass is 35.5. The van der Waals surface area contributed by atoms with E-state index >= 15 is 0 Å². The van der Waals surface area contributed by atoms with E-state index in [0.29, 0.717) is 29.2 Å². The molecule has 3 N–H and O–H groups in total. The molecule has 2 amide bonds. The van der Waals surface area contributed by atoms with Gasteiger partial charge in [0.15, 0.2) is 5.82 Å². The van der Waals surface area contributed by atoms with Gasteiger partial charge in [0.05, 0.1) is 28.8 Å². The van der Waals surface area contributed by atoms with Crippen LogP contribution in [0.3, 0.4) is 0 Å². The van der Waals surface area contributed by atoms with Gasteiger partial charge in [-0.25, -0.2) is 14.2 Å². The van der Waals surface area contributed by atoms with Crippen molar-refractivity contribution >= 4 is 52.5 Å². The molecule has 37 heavy (non-hydrogen) atoms. The quantitative estimate of drug-likeness (QED) is 0.210. The van der Waals surface area contributed by atoms with Crippen LogP contribution in [0.5, 0.6) is 0 Å². The maximum atomic E-state index is 14.7. The minimum atomic E-state index is -0.913. The molecule has 1 heterocycles. The highest BCUT2D eigenvalue weighted by Gasteiger charge is 2.25.